The Morgan fingerprint density at radius 3 is 2.50 bits per heavy atom. The summed E-state index contributed by atoms with van der Waals surface area (Å²) in [6, 6.07) is 17.7. The minimum atomic E-state index is -3.91. The molecule has 3 aromatic carbocycles. The molecule has 0 radical (unpaired) electrons. The van der Waals surface area contributed by atoms with E-state index in [1.54, 1.807) is 55.3 Å². The van der Waals surface area contributed by atoms with E-state index >= 15 is 0 Å². The number of methoxy groups -OCH3 is 1. The first-order valence-electron chi connectivity index (χ1n) is 12.8. The number of anilines is 2. The van der Waals surface area contributed by atoms with Gasteiger partial charge in [-0.2, -0.15) is 0 Å². The van der Waals surface area contributed by atoms with Gasteiger partial charge in [0.05, 0.1) is 23.9 Å². The molecule has 1 amide bonds. The van der Waals surface area contributed by atoms with E-state index in [1.807, 2.05) is 24.3 Å². The van der Waals surface area contributed by atoms with E-state index in [9.17, 15) is 13.2 Å². The minimum Gasteiger partial charge on any atom is -0.493 e. The van der Waals surface area contributed by atoms with Crippen molar-refractivity contribution in [2.24, 2.45) is 0 Å². The van der Waals surface area contributed by atoms with Crippen molar-refractivity contribution in [3.8, 4) is 11.5 Å². The number of rotatable bonds is 8. The third-order valence-corrected chi connectivity index (χ3v) is 9.23. The van der Waals surface area contributed by atoms with Crippen LogP contribution in [0.1, 0.15) is 49.1 Å². The number of hydrogen-bond donors (Lipinski definition) is 1. The quantitative estimate of drug-likeness (QED) is 0.353. The number of carbonyl (C=O) groups excluding carboxylic acids is 1. The van der Waals surface area contributed by atoms with Crippen LogP contribution in [0.25, 0.3) is 0 Å². The zero-order chi connectivity index (χ0) is 26.9. The summed E-state index contributed by atoms with van der Waals surface area (Å²) in [5.74, 6) is 1.36. The minimum absolute atomic E-state index is 0.0222. The van der Waals surface area contributed by atoms with Gasteiger partial charge >= 0.3 is 0 Å². The molecule has 38 heavy (non-hydrogen) atoms. The molecule has 1 N–H and O–H groups in total. The number of carbonyl (C=O) groups is 1. The molecule has 200 valence electrons. The van der Waals surface area contributed by atoms with E-state index in [-0.39, 0.29) is 27.8 Å². The Kier molecular flexibility index (Phi) is 7.54. The van der Waals surface area contributed by atoms with Gasteiger partial charge in [0, 0.05) is 24.6 Å². The molecule has 1 aliphatic carbocycles. The first kappa shape index (κ1) is 26.4. The second-order valence-electron chi connectivity index (χ2n) is 9.88. The maximum atomic E-state index is 13.1. The summed E-state index contributed by atoms with van der Waals surface area (Å²) in [7, 11) is -2.28. The van der Waals surface area contributed by atoms with Crippen LogP contribution in [-0.4, -0.2) is 34.1 Å². The molecular weight excluding hydrogens is 524 g/mol. The number of ether oxygens (including phenoxy) is 2. The Balaban J connectivity index is 1.35. The number of halogens is 1. The van der Waals surface area contributed by atoms with Gasteiger partial charge in [-0.25, -0.2) is 8.42 Å². The van der Waals surface area contributed by atoms with Crippen LogP contribution < -0.4 is 19.1 Å². The molecule has 7 nitrogen and oxygen atoms in total. The van der Waals surface area contributed by atoms with Gasteiger partial charge in [-0.15, -0.1) is 0 Å². The highest BCUT2D eigenvalue weighted by Crippen LogP contribution is 2.38. The van der Waals surface area contributed by atoms with Gasteiger partial charge in [-0.05, 0) is 80.1 Å². The molecule has 1 unspecified atom stereocenters. The van der Waals surface area contributed by atoms with E-state index < -0.39 is 10.0 Å². The first-order chi connectivity index (χ1) is 18.2. The molecule has 9 heteroatoms. The lowest BCUT2D eigenvalue weighted by molar-refractivity contribution is -0.117. The van der Waals surface area contributed by atoms with E-state index in [0.29, 0.717) is 41.4 Å². The van der Waals surface area contributed by atoms with Crippen LogP contribution in [0.3, 0.4) is 0 Å². The van der Waals surface area contributed by atoms with E-state index in [0.717, 1.165) is 18.4 Å². The first-order valence-corrected chi connectivity index (χ1v) is 14.6. The van der Waals surface area contributed by atoms with Gasteiger partial charge in [-0.1, -0.05) is 35.9 Å². The molecular formula is C29H31ClN2O5S. The van der Waals surface area contributed by atoms with Crippen LogP contribution in [0.15, 0.2) is 65.6 Å². The lowest BCUT2D eigenvalue weighted by Gasteiger charge is -2.20. The lowest BCUT2D eigenvalue weighted by atomic mass is 9.98. The van der Waals surface area contributed by atoms with Crippen LogP contribution in [0, 0.1) is 6.92 Å². The predicted molar refractivity (Wildman–Crippen MR) is 149 cm³/mol. The van der Waals surface area contributed by atoms with Crippen molar-refractivity contribution in [1.82, 2.24) is 0 Å². The summed E-state index contributed by atoms with van der Waals surface area (Å²) in [6.45, 7) is 2.18. The Hall–Kier alpha value is -3.23. The van der Waals surface area contributed by atoms with Gasteiger partial charge in [0.2, 0.25) is 5.91 Å². The number of amides is 1. The Labute approximate surface area is 228 Å². The van der Waals surface area contributed by atoms with Crippen molar-refractivity contribution < 1.29 is 22.7 Å². The van der Waals surface area contributed by atoms with E-state index in [2.05, 4.69) is 4.72 Å². The van der Waals surface area contributed by atoms with Crippen LogP contribution in [0.2, 0.25) is 5.02 Å². The normalized spacial score (nSPS) is 18.1. The molecule has 2 fully saturated rings. The summed E-state index contributed by atoms with van der Waals surface area (Å²) >= 11 is 6.20. The maximum Gasteiger partial charge on any atom is 0.263 e. The molecule has 5 rings (SSSR count). The predicted octanol–water partition coefficient (Wildman–Crippen LogP) is 6.30. The van der Waals surface area contributed by atoms with Gasteiger partial charge < -0.3 is 14.4 Å². The number of hydrogen-bond acceptors (Lipinski definition) is 5. The smallest absolute Gasteiger partial charge is 0.263 e. The largest absolute Gasteiger partial charge is 0.493 e. The highest BCUT2D eigenvalue weighted by Gasteiger charge is 2.33. The van der Waals surface area contributed by atoms with E-state index in [1.165, 1.54) is 12.8 Å². The lowest BCUT2D eigenvalue weighted by Crippen LogP contribution is -2.24. The average Bonchev–Trinajstić information content (AvgIpc) is 3.53. The third-order valence-electron chi connectivity index (χ3n) is 7.22. The molecule has 0 aromatic heterocycles. The molecule has 3 aromatic rings. The second kappa shape index (κ2) is 10.9. The van der Waals surface area contributed by atoms with Crippen LogP contribution in [-0.2, 0) is 14.8 Å². The summed E-state index contributed by atoms with van der Waals surface area (Å²) in [4.78, 5) is 14.8. The zero-order valence-electron chi connectivity index (χ0n) is 21.4. The molecule has 1 heterocycles. The monoisotopic (exact) mass is 554 g/mol. The van der Waals surface area contributed by atoms with Crippen molar-refractivity contribution in [2.75, 3.05) is 23.3 Å². The highest BCUT2D eigenvalue weighted by atomic mass is 35.5. The fourth-order valence-electron chi connectivity index (χ4n) is 5.31. The molecule has 0 bridgehead atoms. The van der Waals surface area contributed by atoms with Crippen molar-refractivity contribution in [3.05, 3.63) is 76.8 Å². The maximum absolute atomic E-state index is 13.1. The van der Waals surface area contributed by atoms with Crippen LogP contribution in [0.5, 0.6) is 11.5 Å². The summed E-state index contributed by atoms with van der Waals surface area (Å²) in [5.41, 5.74) is 2.55. The van der Waals surface area contributed by atoms with Gasteiger partial charge in [0.1, 0.15) is 4.90 Å². The Morgan fingerprint density at radius 2 is 1.76 bits per heavy atom. The molecule has 1 atom stereocenters. The fraction of sp³-hybridized carbons (Fsp3) is 0.345. The van der Waals surface area contributed by atoms with Crippen molar-refractivity contribution in [2.45, 2.75) is 55.9 Å². The highest BCUT2D eigenvalue weighted by molar-refractivity contribution is 7.92. The zero-order valence-corrected chi connectivity index (χ0v) is 23.0. The molecule has 0 spiro atoms. The van der Waals surface area contributed by atoms with Gasteiger partial charge in [0.25, 0.3) is 10.0 Å². The number of sulfonamides is 1. The molecule has 2 aliphatic rings. The van der Waals surface area contributed by atoms with Crippen LogP contribution in [0.4, 0.5) is 11.4 Å². The Morgan fingerprint density at radius 1 is 1.00 bits per heavy atom. The van der Waals surface area contributed by atoms with Gasteiger partial charge in [0.15, 0.2) is 11.5 Å². The average molecular weight is 555 g/mol. The number of aryl methyl sites for hydroxylation is 1. The number of benzene rings is 3. The SMILES string of the molecule is COc1ccc(C2CC(=O)N(c3cccc(NS(=O)(=O)c4c(C)cccc4Cl)c3)C2)cc1OC1CCCC1. The third kappa shape index (κ3) is 5.47. The van der Waals surface area contributed by atoms with Crippen molar-refractivity contribution in [1.29, 1.82) is 0 Å². The number of nitrogens with zero attached hydrogens (tertiary/aromatic N) is 1. The summed E-state index contributed by atoms with van der Waals surface area (Å²) in [5, 5.41) is 0.155. The topological polar surface area (TPSA) is 84.9 Å². The number of nitrogens with one attached hydrogen (secondary N) is 1. The van der Waals surface area contributed by atoms with Crippen molar-refractivity contribution >= 4 is 38.9 Å². The molecule has 1 saturated carbocycles. The van der Waals surface area contributed by atoms with Gasteiger partial charge in [-0.3, -0.25) is 9.52 Å². The second-order valence-corrected chi connectivity index (χ2v) is 11.9. The fourth-order valence-corrected chi connectivity index (χ4v) is 7.19. The molecule has 1 saturated heterocycles. The molecule has 1 aliphatic heterocycles. The Bertz CT molecular complexity index is 1430. The van der Waals surface area contributed by atoms with E-state index in [4.69, 9.17) is 21.1 Å². The summed E-state index contributed by atoms with van der Waals surface area (Å²) < 4.78 is 40.6. The van der Waals surface area contributed by atoms with Crippen molar-refractivity contribution in [3.63, 3.8) is 0 Å². The standard InChI is InChI=1S/C29H31ClN2O5S/c1-19-7-5-12-25(30)29(19)38(34,35)31-22-8-6-9-23(17-22)32-18-21(16-28(32)33)20-13-14-26(36-2)27(15-20)37-24-10-3-4-11-24/h5-9,12-15,17,21,24,31H,3-4,10-11,16,18H2,1-2H3. The summed E-state index contributed by atoms with van der Waals surface area (Å²) in [6.07, 6.45) is 4.97. The van der Waals surface area contributed by atoms with Crippen LogP contribution >= 0.6 is 11.6 Å².